The molecule has 2 unspecified atom stereocenters. The molecular formula is C18H19BrFN. The minimum absolute atomic E-state index is 0.0662. The van der Waals surface area contributed by atoms with Crippen molar-refractivity contribution >= 4 is 15.9 Å². The Bertz CT molecular complexity index is 641. The van der Waals surface area contributed by atoms with Gasteiger partial charge in [-0.15, -0.1) is 0 Å². The van der Waals surface area contributed by atoms with Crippen molar-refractivity contribution in [1.82, 2.24) is 0 Å². The molecule has 1 nitrogen and oxygen atoms in total. The van der Waals surface area contributed by atoms with E-state index in [-0.39, 0.29) is 11.9 Å². The first-order valence-electron chi connectivity index (χ1n) is 7.40. The van der Waals surface area contributed by atoms with Gasteiger partial charge in [0.2, 0.25) is 0 Å². The normalized spacial score (nSPS) is 19.1. The van der Waals surface area contributed by atoms with Gasteiger partial charge in [0.1, 0.15) is 5.82 Å². The summed E-state index contributed by atoms with van der Waals surface area (Å²) in [6.07, 6.45) is 3.96. The Morgan fingerprint density at radius 1 is 1.19 bits per heavy atom. The first-order chi connectivity index (χ1) is 10.1. The van der Waals surface area contributed by atoms with E-state index in [2.05, 4.69) is 40.2 Å². The van der Waals surface area contributed by atoms with E-state index in [9.17, 15) is 4.39 Å². The lowest BCUT2D eigenvalue weighted by atomic mass is 9.79. The van der Waals surface area contributed by atoms with Crippen LogP contribution in [-0.2, 0) is 19.3 Å². The zero-order valence-electron chi connectivity index (χ0n) is 11.9. The van der Waals surface area contributed by atoms with E-state index in [0.29, 0.717) is 12.3 Å². The Kier molecular flexibility index (Phi) is 4.41. The van der Waals surface area contributed by atoms with Gasteiger partial charge in [-0.05, 0) is 66.5 Å². The molecule has 1 aliphatic rings. The largest absolute Gasteiger partial charge is 0.327 e. The number of hydrogen-bond donors (Lipinski definition) is 1. The molecule has 0 saturated carbocycles. The summed E-state index contributed by atoms with van der Waals surface area (Å²) in [5.74, 6) is 0.268. The summed E-state index contributed by atoms with van der Waals surface area (Å²) in [6.45, 7) is 0. The number of nitrogens with two attached hydrogens (primary N) is 1. The van der Waals surface area contributed by atoms with Crippen LogP contribution in [0.4, 0.5) is 4.39 Å². The van der Waals surface area contributed by atoms with Gasteiger partial charge in [-0.2, -0.15) is 0 Å². The van der Waals surface area contributed by atoms with Gasteiger partial charge in [0, 0.05) is 10.5 Å². The van der Waals surface area contributed by atoms with E-state index in [1.165, 1.54) is 17.2 Å². The fourth-order valence-corrected chi connectivity index (χ4v) is 3.62. The van der Waals surface area contributed by atoms with Crippen LogP contribution in [0.5, 0.6) is 0 Å². The highest BCUT2D eigenvalue weighted by Gasteiger charge is 2.24. The van der Waals surface area contributed by atoms with Gasteiger partial charge >= 0.3 is 0 Å². The Morgan fingerprint density at radius 2 is 1.95 bits per heavy atom. The number of fused-ring (bicyclic) bond motifs is 1. The van der Waals surface area contributed by atoms with Crippen LogP contribution in [0.3, 0.4) is 0 Å². The standard InChI is InChI=1S/C18H19BrFN/c19-17-8-7-16(20)10-15(17)11-18(21)14-6-5-12-3-1-2-4-13(12)9-14/h1-4,7-8,10,14,18H,5-6,9,11,21H2. The van der Waals surface area contributed by atoms with Crippen LogP contribution < -0.4 is 5.73 Å². The van der Waals surface area contributed by atoms with Crippen molar-refractivity contribution in [2.24, 2.45) is 11.7 Å². The molecule has 1 aliphatic carbocycles. The zero-order valence-corrected chi connectivity index (χ0v) is 13.4. The van der Waals surface area contributed by atoms with Crippen molar-refractivity contribution in [3.05, 3.63) is 69.4 Å². The van der Waals surface area contributed by atoms with E-state index < -0.39 is 0 Å². The first-order valence-corrected chi connectivity index (χ1v) is 8.19. The van der Waals surface area contributed by atoms with E-state index in [0.717, 1.165) is 29.3 Å². The van der Waals surface area contributed by atoms with Crippen LogP contribution in [0.25, 0.3) is 0 Å². The van der Waals surface area contributed by atoms with Crippen molar-refractivity contribution < 1.29 is 4.39 Å². The van der Waals surface area contributed by atoms with Crippen molar-refractivity contribution in [3.63, 3.8) is 0 Å². The number of rotatable bonds is 3. The molecule has 21 heavy (non-hydrogen) atoms. The van der Waals surface area contributed by atoms with Crippen LogP contribution >= 0.6 is 15.9 Å². The summed E-state index contributed by atoms with van der Waals surface area (Å²) in [4.78, 5) is 0. The molecule has 3 rings (SSSR count). The van der Waals surface area contributed by atoms with Gasteiger partial charge in [-0.3, -0.25) is 0 Å². The summed E-state index contributed by atoms with van der Waals surface area (Å²) in [6, 6.07) is 13.5. The van der Waals surface area contributed by atoms with Crippen molar-refractivity contribution in [2.45, 2.75) is 31.7 Å². The van der Waals surface area contributed by atoms with Crippen LogP contribution in [-0.4, -0.2) is 6.04 Å². The third-order valence-electron chi connectivity index (χ3n) is 4.45. The van der Waals surface area contributed by atoms with Gasteiger partial charge in [-0.1, -0.05) is 40.2 Å². The Morgan fingerprint density at radius 3 is 2.76 bits per heavy atom. The maximum Gasteiger partial charge on any atom is 0.123 e. The average Bonchev–Trinajstić information content (AvgIpc) is 2.50. The van der Waals surface area contributed by atoms with Crippen molar-refractivity contribution in [2.75, 3.05) is 0 Å². The van der Waals surface area contributed by atoms with E-state index in [4.69, 9.17) is 5.73 Å². The smallest absolute Gasteiger partial charge is 0.123 e. The molecule has 0 fully saturated rings. The molecule has 110 valence electrons. The lowest BCUT2D eigenvalue weighted by Crippen LogP contribution is -2.36. The molecule has 2 aromatic rings. The summed E-state index contributed by atoms with van der Waals surface area (Å²) in [5, 5.41) is 0. The van der Waals surface area contributed by atoms with Gasteiger partial charge in [0.05, 0.1) is 0 Å². The highest BCUT2D eigenvalue weighted by molar-refractivity contribution is 9.10. The maximum atomic E-state index is 13.4. The third kappa shape index (κ3) is 3.35. The highest BCUT2D eigenvalue weighted by Crippen LogP contribution is 2.29. The van der Waals surface area contributed by atoms with E-state index in [1.807, 2.05) is 0 Å². The number of hydrogen-bond acceptors (Lipinski definition) is 1. The Labute approximate surface area is 133 Å². The van der Waals surface area contributed by atoms with Crippen molar-refractivity contribution in [1.29, 1.82) is 0 Å². The molecular weight excluding hydrogens is 329 g/mol. The SMILES string of the molecule is NC(Cc1cc(F)ccc1Br)C1CCc2ccccc2C1. The summed E-state index contributed by atoms with van der Waals surface area (Å²) in [5.41, 5.74) is 10.2. The molecule has 0 bridgehead atoms. The minimum Gasteiger partial charge on any atom is -0.327 e. The lowest BCUT2D eigenvalue weighted by molar-refractivity contribution is 0.372. The second kappa shape index (κ2) is 6.29. The number of halogens is 2. The van der Waals surface area contributed by atoms with Crippen LogP contribution in [0.1, 0.15) is 23.1 Å². The van der Waals surface area contributed by atoms with Crippen molar-refractivity contribution in [3.8, 4) is 0 Å². The van der Waals surface area contributed by atoms with Gasteiger partial charge in [0.25, 0.3) is 0 Å². The topological polar surface area (TPSA) is 26.0 Å². The molecule has 2 aromatic carbocycles. The Balaban J connectivity index is 1.72. The van der Waals surface area contributed by atoms with Gasteiger partial charge in [-0.25, -0.2) is 4.39 Å². The monoisotopic (exact) mass is 347 g/mol. The molecule has 0 aliphatic heterocycles. The molecule has 0 spiro atoms. The summed E-state index contributed by atoms with van der Waals surface area (Å²) >= 11 is 3.49. The second-order valence-corrected chi connectivity index (χ2v) is 6.73. The van der Waals surface area contributed by atoms with Gasteiger partial charge < -0.3 is 5.73 Å². The molecule has 0 aromatic heterocycles. The molecule has 2 atom stereocenters. The quantitative estimate of drug-likeness (QED) is 0.881. The highest BCUT2D eigenvalue weighted by atomic mass is 79.9. The number of aryl methyl sites for hydroxylation is 1. The Hall–Kier alpha value is -1.19. The molecule has 0 saturated heterocycles. The maximum absolute atomic E-state index is 13.4. The van der Waals surface area contributed by atoms with Crippen LogP contribution in [0.2, 0.25) is 0 Å². The predicted molar refractivity (Wildman–Crippen MR) is 87.7 cm³/mol. The van der Waals surface area contributed by atoms with E-state index in [1.54, 1.807) is 12.1 Å². The van der Waals surface area contributed by atoms with Crippen LogP contribution in [0.15, 0.2) is 46.9 Å². The fraction of sp³-hybridized carbons (Fsp3) is 0.333. The summed E-state index contributed by atoms with van der Waals surface area (Å²) < 4.78 is 14.3. The predicted octanol–water partition coefficient (Wildman–Crippen LogP) is 4.26. The first kappa shape index (κ1) is 14.7. The van der Waals surface area contributed by atoms with Gasteiger partial charge in [0.15, 0.2) is 0 Å². The lowest BCUT2D eigenvalue weighted by Gasteiger charge is -2.29. The molecule has 2 N–H and O–H groups in total. The zero-order chi connectivity index (χ0) is 14.8. The van der Waals surface area contributed by atoms with E-state index >= 15 is 0 Å². The van der Waals surface area contributed by atoms with Crippen LogP contribution in [0, 0.1) is 11.7 Å². The minimum atomic E-state index is -0.200. The average molecular weight is 348 g/mol. The molecule has 0 heterocycles. The molecule has 0 amide bonds. The molecule has 3 heteroatoms. The third-order valence-corrected chi connectivity index (χ3v) is 5.23. The fourth-order valence-electron chi connectivity index (χ4n) is 3.21. The number of benzene rings is 2. The summed E-state index contributed by atoms with van der Waals surface area (Å²) in [7, 11) is 0. The second-order valence-electron chi connectivity index (χ2n) is 5.88. The molecule has 0 radical (unpaired) electrons.